The van der Waals surface area contributed by atoms with Crippen LogP contribution < -0.4 is 10.2 Å². The second-order valence-corrected chi connectivity index (χ2v) is 7.36. The Hall–Kier alpha value is -1.42. The summed E-state index contributed by atoms with van der Waals surface area (Å²) in [5.41, 5.74) is 3.50. The molecule has 1 heterocycles. The van der Waals surface area contributed by atoms with Crippen molar-refractivity contribution in [2.45, 2.75) is 43.9 Å². The van der Waals surface area contributed by atoms with Gasteiger partial charge in [0.2, 0.25) is 0 Å². The minimum Gasteiger partial charge on any atom is -0.370 e. The first-order valence-corrected chi connectivity index (χ1v) is 9.74. The Bertz CT molecular complexity index is 597. The van der Waals surface area contributed by atoms with Crippen molar-refractivity contribution in [2.75, 3.05) is 30.3 Å². The third-order valence-electron chi connectivity index (χ3n) is 4.68. The molecule has 0 atom stereocenters. The molecule has 124 valence electrons. The van der Waals surface area contributed by atoms with E-state index in [1.165, 1.54) is 41.8 Å². The van der Waals surface area contributed by atoms with Crippen LogP contribution in [0.5, 0.6) is 0 Å². The normalized spacial score (nSPS) is 17.4. The van der Waals surface area contributed by atoms with Crippen molar-refractivity contribution in [2.24, 2.45) is 0 Å². The molecule has 0 bridgehead atoms. The maximum absolute atomic E-state index is 12.4. The van der Waals surface area contributed by atoms with Crippen LogP contribution >= 0.6 is 11.8 Å². The van der Waals surface area contributed by atoms with Crippen LogP contribution in [0.15, 0.2) is 34.7 Å². The van der Waals surface area contributed by atoms with Crippen LogP contribution in [0, 0.1) is 0 Å². The largest absolute Gasteiger partial charge is 0.370 e. The predicted octanol–water partition coefficient (Wildman–Crippen LogP) is 4.24. The van der Waals surface area contributed by atoms with Crippen LogP contribution in [0.1, 0.15) is 49.4 Å². The van der Waals surface area contributed by atoms with Gasteiger partial charge in [0.05, 0.1) is 5.69 Å². The molecule has 23 heavy (non-hydrogen) atoms. The summed E-state index contributed by atoms with van der Waals surface area (Å²) >= 11 is 1.88. The van der Waals surface area contributed by atoms with Gasteiger partial charge >= 0.3 is 0 Å². The minimum absolute atomic E-state index is 0.0517. The Kier molecular flexibility index (Phi) is 5.65. The van der Waals surface area contributed by atoms with E-state index in [9.17, 15) is 4.79 Å². The highest BCUT2D eigenvalue weighted by Gasteiger charge is 2.18. The molecular weight excluding hydrogens is 304 g/mol. The molecule has 0 saturated heterocycles. The van der Waals surface area contributed by atoms with E-state index in [1.54, 1.807) is 0 Å². The van der Waals surface area contributed by atoms with Gasteiger partial charge in [0, 0.05) is 35.8 Å². The van der Waals surface area contributed by atoms with E-state index in [0.717, 1.165) is 37.4 Å². The number of allylic oxidation sites excluding steroid dienone is 1. The Labute approximate surface area is 143 Å². The lowest BCUT2D eigenvalue weighted by atomic mass is 9.97. The lowest BCUT2D eigenvalue weighted by molar-refractivity contribution is 0.0954. The van der Waals surface area contributed by atoms with Crippen molar-refractivity contribution in [3.05, 3.63) is 35.4 Å². The van der Waals surface area contributed by atoms with E-state index >= 15 is 0 Å². The number of hydrogen-bond acceptors (Lipinski definition) is 3. The van der Waals surface area contributed by atoms with Crippen molar-refractivity contribution >= 4 is 23.4 Å². The highest BCUT2D eigenvalue weighted by atomic mass is 32.2. The monoisotopic (exact) mass is 330 g/mol. The van der Waals surface area contributed by atoms with E-state index in [-0.39, 0.29) is 5.91 Å². The van der Waals surface area contributed by atoms with Crippen LogP contribution in [0.25, 0.3) is 0 Å². The fourth-order valence-electron chi connectivity index (χ4n) is 3.31. The van der Waals surface area contributed by atoms with Gasteiger partial charge in [0.25, 0.3) is 5.91 Å². The van der Waals surface area contributed by atoms with Crippen LogP contribution in [0.4, 0.5) is 5.69 Å². The Balaban J connectivity index is 1.60. The second kappa shape index (κ2) is 7.91. The molecule has 1 aromatic rings. The zero-order valence-electron chi connectivity index (χ0n) is 13.9. The first-order chi connectivity index (χ1) is 11.3. The van der Waals surface area contributed by atoms with Gasteiger partial charge in [-0.25, -0.2) is 0 Å². The van der Waals surface area contributed by atoms with Gasteiger partial charge < -0.3 is 10.2 Å². The molecule has 3 rings (SSSR count). The first-order valence-electron chi connectivity index (χ1n) is 8.76. The van der Waals surface area contributed by atoms with Crippen molar-refractivity contribution < 1.29 is 4.79 Å². The summed E-state index contributed by atoms with van der Waals surface area (Å²) in [6.45, 7) is 4.97. The molecule has 0 fully saturated rings. The topological polar surface area (TPSA) is 32.3 Å². The lowest BCUT2D eigenvalue weighted by Crippen LogP contribution is -2.30. The molecule has 1 N–H and O–H groups in total. The van der Waals surface area contributed by atoms with E-state index in [2.05, 4.69) is 35.3 Å². The molecule has 0 radical (unpaired) electrons. The molecule has 1 aliphatic heterocycles. The van der Waals surface area contributed by atoms with E-state index in [0.29, 0.717) is 0 Å². The summed E-state index contributed by atoms with van der Waals surface area (Å²) in [6, 6.07) is 6.11. The fraction of sp³-hybridized carbons (Fsp3) is 0.526. The van der Waals surface area contributed by atoms with Gasteiger partial charge in [-0.15, -0.1) is 11.8 Å². The number of rotatable bonds is 5. The molecule has 0 saturated carbocycles. The number of anilines is 1. The van der Waals surface area contributed by atoms with Gasteiger partial charge in [-0.3, -0.25) is 4.79 Å². The Morgan fingerprint density at radius 3 is 3.04 bits per heavy atom. The maximum atomic E-state index is 12.4. The molecule has 0 aromatic heterocycles. The smallest absolute Gasteiger partial charge is 0.251 e. The lowest BCUT2D eigenvalue weighted by Gasteiger charge is -2.30. The number of benzene rings is 1. The third kappa shape index (κ3) is 4.11. The average molecular weight is 330 g/mol. The highest BCUT2D eigenvalue weighted by Crippen LogP contribution is 2.35. The summed E-state index contributed by atoms with van der Waals surface area (Å²) in [7, 11) is 0. The number of nitrogens with zero attached hydrogens (tertiary/aromatic N) is 1. The Morgan fingerprint density at radius 2 is 2.26 bits per heavy atom. The molecule has 4 heteroatoms. The molecule has 1 amide bonds. The number of carbonyl (C=O) groups is 1. The number of carbonyl (C=O) groups excluding carboxylic acids is 1. The van der Waals surface area contributed by atoms with E-state index in [4.69, 9.17) is 0 Å². The number of thioether (sulfide) groups is 1. The van der Waals surface area contributed by atoms with Gasteiger partial charge in [-0.2, -0.15) is 0 Å². The van der Waals surface area contributed by atoms with Crippen LogP contribution in [0.2, 0.25) is 0 Å². The quantitative estimate of drug-likeness (QED) is 0.820. The minimum atomic E-state index is 0.0517. The number of nitrogens with one attached hydrogen (secondary N) is 1. The van der Waals surface area contributed by atoms with Crippen molar-refractivity contribution in [1.82, 2.24) is 5.32 Å². The van der Waals surface area contributed by atoms with Crippen molar-refractivity contribution in [1.29, 1.82) is 0 Å². The number of hydrogen-bond donors (Lipinski definition) is 1. The van der Waals surface area contributed by atoms with Gasteiger partial charge in [-0.1, -0.05) is 11.6 Å². The zero-order chi connectivity index (χ0) is 16.1. The van der Waals surface area contributed by atoms with Crippen molar-refractivity contribution in [3.8, 4) is 0 Å². The highest BCUT2D eigenvalue weighted by molar-refractivity contribution is 7.99. The number of fused-ring (bicyclic) bond motifs is 1. The molecule has 0 spiro atoms. The van der Waals surface area contributed by atoms with Crippen molar-refractivity contribution in [3.63, 3.8) is 0 Å². The van der Waals surface area contributed by atoms with Gasteiger partial charge in [0.15, 0.2) is 0 Å². The standard InChI is InChI=1S/C19H26N2OS/c1-2-21-12-13-23-18-9-8-16(14-17(18)21)19(22)20-11-10-15-6-4-3-5-7-15/h6,8-9,14H,2-5,7,10-13H2,1H3,(H,20,22). The van der Waals surface area contributed by atoms with Crippen LogP contribution in [-0.4, -0.2) is 31.3 Å². The molecule has 3 nitrogen and oxygen atoms in total. The Morgan fingerprint density at radius 1 is 1.35 bits per heavy atom. The predicted molar refractivity (Wildman–Crippen MR) is 98.6 cm³/mol. The van der Waals surface area contributed by atoms with E-state index in [1.807, 2.05) is 17.8 Å². The summed E-state index contributed by atoms with van der Waals surface area (Å²) in [6.07, 6.45) is 8.38. The molecule has 1 aliphatic carbocycles. The third-order valence-corrected chi connectivity index (χ3v) is 5.72. The van der Waals surface area contributed by atoms with Gasteiger partial charge in [-0.05, 0) is 57.2 Å². The molecule has 0 unspecified atom stereocenters. The average Bonchev–Trinajstić information content (AvgIpc) is 2.61. The zero-order valence-corrected chi connectivity index (χ0v) is 14.8. The molecule has 1 aromatic carbocycles. The number of amides is 1. The first kappa shape index (κ1) is 16.4. The summed E-state index contributed by atoms with van der Waals surface area (Å²) < 4.78 is 0. The fourth-order valence-corrected chi connectivity index (χ4v) is 4.34. The molecular formula is C19H26N2OS. The molecule has 2 aliphatic rings. The summed E-state index contributed by atoms with van der Waals surface area (Å²) in [5.74, 6) is 1.18. The van der Waals surface area contributed by atoms with Crippen LogP contribution in [-0.2, 0) is 0 Å². The summed E-state index contributed by atoms with van der Waals surface area (Å²) in [5, 5.41) is 3.08. The van der Waals surface area contributed by atoms with E-state index < -0.39 is 0 Å². The maximum Gasteiger partial charge on any atom is 0.251 e. The second-order valence-electron chi connectivity index (χ2n) is 6.22. The van der Waals surface area contributed by atoms with Gasteiger partial charge in [0.1, 0.15) is 0 Å². The van der Waals surface area contributed by atoms with Crippen LogP contribution in [0.3, 0.4) is 0 Å². The summed E-state index contributed by atoms with van der Waals surface area (Å²) in [4.78, 5) is 16.1. The SMILES string of the molecule is CCN1CCSc2ccc(C(=O)NCCC3=CCCCC3)cc21.